The molecule has 0 aliphatic heterocycles. The highest BCUT2D eigenvalue weighted by molar-refractivity contribution is 7.99. The lowest BCUT2D eigenvalue weighted by atomic mass is 10.0. The number of rotatable bonds is 13. The van der Waals surface area contributed by atoms with Gasteiger partial charge in [0.05, 0.1) is 5.75 Å². The van der Waals surface area contributed by atoms with Gasteiger partial charge in [0.25, 0.3) is 0 Å². The average molecular weight is 537 g/mol. The number of amides is 2. The predicted molar refractivity (Wildman–Crippen MR) is 156 cm³/mol. The Morgan fingerprint density at radius 2 is 1.62 bits per heavy atom. The van der Waals surface area contributed by atoms with Gasteiger partial charge in [0, 0.05) is 30.3 Å². The zero-order chi connectivity index (χ0) is 26.6. The lowest BCUT2D eigenvalue weighted by molar-refractivity contribution is -0.139. The first-order valence-electron chi connectivity index (χ1n) is 12.9. The summed E-state index contributed by atoms with van der Waals surface area (Å²) in [6, 6.07) is 23.2. The smallest absolute Gasteiger partial charge is 0.243 e. The van der Waals surface area contributed by atoms with Gasteiger partial charge in [-0.05, 0) is 49.1 Å². The van der Waals surface area contributed by atoms with Crippen LogP contribution in [-0.4, -0.2) is 35.1 Å². The third-order valence-electron chi connectivity index (χ3n) is 6.12. The van der Waals surface area contributed by atoms with Crippen LogP contribution in [0.25, 0.3) is 0 Å². The first kappa shape index (κ1) is 28.8. The van der Waals surface area contributed by atoms with Crippen molar-refractivity contribution in [2.75, 3.05) is 12.3 Å². The minimum Gasteiger partial charge on any atom is -0.354 e. The van der Waals surface area contributed by atoms with Gasteiger partial charge in [-0.1, -0.05) is 96.7 Å². The topological polar surface area (TPSA) is 49.4 Å². The van der Waals surface area contributed by atoms with Crippen LogP contribution in [0.1, 0.15) is 47.6 Å². The van der Waals surface area contributed by atoms with E-state index in [0.29, 0.717) is 30.3 Å². The van der Waals surface area contributed by atoms with Gasteiger partial charge in [0.2, 0.25) is 11.8 Å². The Hall–Kier alpha value is -2.76. The maximum atomic E-state index is 13.7. The van der Waals surface area contributed by atoms with Crippen LogP contribution < -0.4 is 5.32 Å². The first-order chi connectivity index (χ1) is 17.9. The van der Waals surface area contributed by atoms with Crippen LogP contribution in [0.3, 0.4) is 0 Å². The molecule has 3 aromatic rings. The maximum Gasteiger partial charge on any atom is 0.243 e. The summed E-state index contributed by atoms with van der Waals surface area (Å²) in [4.78, 5) is 28.9. The Balaban J connectivity index is 1.83. The molecule has 1 N–H and O–H groups in total. The van der Waals surface area contributed by atoms with Crippen molar-refractivity contribution in [1.29, 1.82) is 0 Å². The van der Waals surface area contributed by atoms with Crippen molar-refractivity contribution >= 4 is 35.2 Å². The van der Waals surface area contributed by atoms with Gasteiger partial charge in [0.1, 0.15) is 6.04 Å². The zero-order valence-corrected chi connectivity index (χ0v) is 23.6. The fourth-order valence-corrected chi connectivity index (χ4v) is 5.44. The monoisotopic (exact) mass is 536 g/mol. The molecule has 3 rings (SSSR count). The predicted octanol–water partition coefficient (Wildman–Crippen LogP) is 6.75. The molecule has 0 fully saturated rings. The summed E-state index contributed by atoms with van der Waals surface area (Å²) >= 11 is 7.84. The van der Waals surface area contributed by atoms with E-state index in [-0.39, 0.29) is 11.8 Å². The molecule has 2 amide bonds. The molecule has 0 aliphatic carbocycles. The maximum absolute atomic E-state index is 13.7. The third-order valence-corrected chi connectivity index (χ3v) is 7.34. The van der Waals surface area contributed by atoms with E-state index < -0.39 is 6.04 Å². The second-order valence-electron chi connectivity index (χ2n) is 9.49. The van der Waals surface area contributed by atoms with E-state index in [1.807, 2.05) is 54.6 Å². The van der Waals surface area contributed by atoms with Gasteiger partial charge in [0.15, 0.2) is 0 Å². The third kappa shape index (κ3) is 9.56. The van der Waals surface area contributed by atoms with Gasteiger partial charge in [-0.3, -0.25) is 9.59 Å². The molecule has 37 heavy (non-hydrogen) atoms. The largest absolute Gasteiger partial charge is 0.354 e. The van der Waals surface area contributed by atoms with E-state index in [4.69, 9.17) is 11.6 Å². The zero-order valence-electron chi connectivity index (χ0n) is 22.0. The standard InChI is InChI=1S/C31H37ClN2O2S/c1-4-5-14-33-31(36)29(19-25-10-7-6-8-11-25)34(20-26-12-9-13-28(32)18-26)30(35)22-37-21-27-16-23(2)15-24(3)17-27/h6-13,15-18,29H,4-5,14,19-22H2,1-3H3,(H,33,36)/t29-/m1/s1. The highest BCUT2D eigenvalue weighted by atomic mass is 35.5. The van der Waals surface area contributed by atoms with Gasteiger partial charge in [-0.2, -0.15) is 0 Å². The number of carbonyl (C=O) groups is 2. The van der Waals surface area contributed by atoms with Crippen LogP contribution in [0, 0.1) is 13.8 Å². The molecule has 0 unspecified atom stereocenters. The fourth-order valence-electron chi connectivity index (χ4n) is 4.38. The van der Waals surface area contributed by atoms with Crippen molar-refractivity contribution in [2.45, 2.75) is 58.4 Å². The minimum absolute atomic E-state index is 0.0547. The van der Waals surface area contributed by atoms with Gasteiger partial charge in [-0.15, -0.1) is 11.8 Å². The van der Waals surface area contributed by atoms with Crippen molar-refractivity contribution in [3.05, 3.63) is 106 Å². The highest BCUT2D eigenvalue weighted by Gasteiger charge is 2.30. The summed E-state index contributed by atoms with van der Waals surface area (Å²) in [5.41, 5.74) is 5.56. The molecule has 0 spiro atoms. The number of aryl methyl sites for hydroxylation is 2. The Morgan fingerprint density at radius 3 is 2.30 bits per heavy atom. The average Bonchev–Trinajstić information content (AvgIpc) is 2.86. The Kier molecular flexibility index (Phi) is 11.6. The normalized spacial score (nSPS) is 11.7. The van der Waals surface area contributed by atoms with Crippen LogP contribution in [0.5, 0.6) is 0 Å². The number of unbranched alkanes of at least 4 members (excludes halogenated alkanes) is 1. The summed E-state index contributed by atoms with van der Waals surface area (Å²) in [6.45, 7) is 7.19. The molecule has 0 radical (unpaired) electrons. The van der Waals surface area contributed by atoms with E-state index in [1.54, 1.807) is 16.7 Å². The molecule has 3 aromatic carbocycles. The number of thioether (sulfide) groups is 1. The van der Waals surface area contributed by atoms with Crippen molar-refractivity contribution < 1.29 is 9.59 Å². The van der Waals surface area contributed by atoms with Crippen LogP contribution in [-0.2, 0) is 28.3 Å². The molecule has 0 aromatic heterocycles. The molecule has 196 valence electrons. The summed E-state index contributed by atoms with van der Waals surface area (Å²) in [5.74, 6) is 0.861. The summed E-state index contributed by atoms with van der Waals surface area (Å²) in [7, 11) is 0. The van der Waals surface area contributed by atoms with E-state index in [2.05, 4.69) is 44.3 Å². The van der Waals surface area contributed by atoms with Crippen molar-refractivity contribution in [2.24, 2.45) is 0 Å². The van der Waals surface area contributed by atoms with Crippen molar-refractivity contribution in [3.8, 4) is 0 Å². The molecular formula is C31H37ClN2O2S. The molecule has 6 heteroatoms. The van der Waals surface area contributed by atoms with Crippen LogP contribution in [0.4, 0.5) is 0 Å². The molecule has 0 aliphatic rings. The lowest BCUT2D eigenvalue weighted by Crippen LogP contribution is -2.51. The van der Waals surface area contributed by atoms with Crippen molar-refractivity contribution in [1.82, 2.24) is 10.2 Å². The second-order valence-corrected chi connectivity index (χ2v) is 10.9. The quantitative estimate of drug-likeness (QED) is 0.246. The number of halogens is 1. The Bertz CT molecular complexity index is 1150. The molecule has 0 bridgehead atoms. The summed E-state index contributed by atoms with van der Waals surface area (Å²) in [6.07, 6.45) is 2.34. The van der Waals surface area contributed by atoms with Gasteiger partial charge in [-0.25, -0.2) is 0 Å². The molecule has 0 saturated carbocycles. The van der Waals surface area contributed by atoms with Crippen LogP contribution in [0.15, 0.2) is 72.8 Å². The van der Waals surface area contributed by atoms with Crippen LogP contribution >= 0.6 is 23.4 Å². The molecule has 0 heterocycles. The van der Waals surface area contributed by atoms with Crippen molar-refractivity contribution in [3.63, 3.8) is 0 Å². The number of benzene rings is 3. The highest BCUT2D eigenvalue weighted by Crippen LogP contribution is 2.21. The second kappa shape index (κ2) is 14.8. The lowest BCUT2D eigenvalue weighted by Gasteiger charge is -2.31. The van der Waals surface area contributed by atoms with Gasteiger partial charge < -0.3 is 10.2 Å². The Morgan fingerprint density at radius 1 is 0.919 bits per heavy atom. The first-order valence-corrected chi connectivity index (χ1v) is 14.4. The molecular weight excluding hydrogens is 500 g/mol. The summed E-state index contributed by atoms with van der Waals surface area (Å²) in [5, 5.41) is 3.68. The number of nitrogens with one attached hydrogen (secondary N) is 1. The van der Waals surface area contributed by atoms with Gasteiger partial charge >= 0.3 is 0 Å². The molecule has 1 atom stereocenters. The van der Waals surface area contributed by atoms with E-state index >= 15 is 0 Å². The molecule has 4 nitrogen and oxygen atoms in total. The SMILES string of the molecule is CCCCNC(=O)[C@@H](Cc1ccccc1)N(Cc1cccc(Cl)c1)C(=O)CSCc1cc(C)cc(C)c1. The minimum atomic E-state index is -0.618. The number of hydrogen-bond acceptors (Lipinski definition) is 3. The van der Waals surface area contributed by atoms with Crippen LogP contribution in [0.2, 0.25) is 5.02 Å². The van der Waals surface area contributed by atoms with E-state index in [0.717, 1.165) is 29.7 Å². The fraction of sp³-hybridized carbons (Fsp3) is 0.355. The van der Waals surface area contributed by atoms with E-state index in [1.165, 1.54) is 16.7 Å². The van der Waals surface area contributed by atoms with E-state index in [9.17, 15) is 9.59 Å². The molecule has 0 saturated heterocycles. The summed E-state index contributed by atoms with van der Waals surface area (Å²) < 4.78 is 0. The number of hydrogen-bond donors (Lipinski definition) is 1. The Labute approximate surface area is 230 Å². The number of carbonyl (C=O) groups excluding carboxylic acids is 2. The number of nitrogens with zero attached hydrogens (tertiary/aromatic N) is 1.